The van der Waals surface area contributed by atoms with Crippen molar-refractivity contribution in [2.45, 2.75) is 32.2 Å². The topological polar surface area (TPSA) is 58.6 Å². The minimum absolute atomic E-state index is 0.0304. The Morgan fingerprint density at radius 1 is 1.12 bits per heavy atom. The fourth-order valence-corrected chi connectivity index (χ4v) is 4.00. The number of esters is 1. The highest BCUT2D eigenvalue weighted by Gasteiger charge is 2.30. The van der Waals surface area contributed by atoms with E-state index >= 15 is 0 Å². The molecular weight excluding hydrogens is 328 g/mol. The van der Waals surface area contributed by atoms with Gasteiger partial charge in [-0.2, -0.15) is 0 Å². The third-order valence-electron chi connectivity index (χ3n) is 5.09. The fraction of sp³-hybridized carbons (Fsp3) is 0.333. The average Bonchev–Trinajstić information content (AvgIpc) is 2.64. The second-order valence-electron chi connectivity index (χ2n) is 6.85. The largest absolute Gasteiger partial charge is 0.426 e. The number of hydrogen-bond acceptors (Lipinski definition) is 4. The summed E-state index contributed by atoms with van der Waals surface area (Å²) in [6.07, 6.45) is 3.15. The number of rotatable bonds is 3. The summed E-state index contributed by atoms with van der Waals surface area (Å²) in [4.78, 5) is 26.6. The average molecular weight is 350 g/mol. The number of amides is 1. The Kier molecular flexibility index (Phi) is 4.37. The van der Waals surface area contributed by atoms with Crippen molar-refractivity contribution in [2.24, 2.45) is 0 Å². The van der Waals surface area contributed by atoms with Crippen molar-refractivity contribution in [1.29, 1.82) is 0 Å². The second-order valence-corrected chi connectivity index (χ2v) is 6.85. The van der Waals surface area contributed by atoms with E-state index in [9.17, 15) is 9.59 Å². The standard InChI is InChI=1S/C21H22N2O3/c1-14(24)26-19-10-3-2-8-17(19)21(25)22-18-11-13-23-12-5-7-15-6-4-9-16(18)20(15)23/h2-4,6,8-10,18H,5,7,11-13H2,1H3,(H,22,25). The molecule has 0 radical (unpaired) electrons. The Hall–Kier alpha value is -2.82. The lowest BCUT2D eigenvalue weighted by Gasteiger charge is -2.40. The third kappa shape index (κ3) is 3.05. The molecule has 2 aliphatic heterocycles. The van der Waals surface area contributed by atoms with E-state index in [1.165, 1.54) is 30.2 Å². The van der Waals surface area contributed by atoms with Gasteiger partial charge in [-0.25, -0.2) is 0 Å². The zero-order valence-corrected chi connectivity index (χ0v) is 14.8. The molecule has 1 atom stereocenters. The molecule has 0 saturated carbocycles. The van der Waals surface area contributed by atoms with Gasteiger partial charge in [0.25, 0.3) is 5.91 Å². The predicted molar refractivity (Wildman–Crippen MR) is 99.6 cm³/mol. The first-order valence-electron chi connectivity index (χ1n) is 9.08. The lowest BCUT2D eigenvalue weighted by Crippen LogP contribution is -2.40. The number of nitrogens with zero attached hydrogens (tertiary/aromatic N) is 1. The van der Waals surface area contributed by atoms with Crippen molar-refractivity contribution in [1.82, 2.24) is 5.32 Å². The van der Waals surface area contributed by atoms with Gasteiger partial charge < -0.3 is 15.0 Å². The molecule has 5 nitrogen and oxygen atoms in total. The van der Waals surface area contributed by atoms with Gasteiger partial charge in [0.05, 0.1) is 11.6 Å². The maximum Gasteiger partial charge on any atom is 0.308 e. The Balaban J connectivity index is 1.61. The van der Waals surface area contributed by atoms with Crippen LogP contribution in [0, 0.1) is 0 Å². The molecule has 1 amide bonds. The normalized spacial score (nSPS) is 18.0. The van der Waals surface area contributed by atoms with Gasteiger partial charge in [-0.1, -0.05) is 30.3 Å². The quantitative estimate of drug-likeness (QED) is 0.682. The molecule has 1 unspecified atom stereocenters. The minimum atomic E-state index is -0.435. The molecule has 26 heavy (non-hydrogen) atoms. The van der Waals surface area contributed by atoms with E-state index in [-0.39, 0.29) is 11.9 Å². The van der Waals surface area contributed by atoms with Gasteiger partial charge >= 0.3 is 5.97 Å². The van der Waals surface area contributed by atoms with Crippen LogP contribution in [0.1, 0.15) is 47.3 Å². The highest BCUT2D eigenvalue weighted by atomic mass is 16.5. The van der Waals surface area contributed by atoms with Crippen LogP contribution in [0.4, 0.5) is 5.69 Å². The number of para-hydroxylation sites is 2. The summed E-state index contributed by atoms with van der Waals surface area (Å²) >= 11 is 0. The molecule has 2 heterocycles. The molecule has 134 valence electrons. The van der Waals surface area contributed by atoms with Crippen molar-refractivity contribution >= 4 is 17.6 Å². The molecule has 2 aromatic rings. The van der Waals surface area contributed by atoms with Crippen LogP contribution >= 0.6 is 0 Å². The molecule has 2 aromatic carbocycles. The van der Waals surface area contributed by atoms with Gasteiger partial charge in [-0.15, -0.1) is 0 Å². The number of aryl methyl sites for hydroxylation is 1. The van der Waals surface area contributed by atoms with Crippen LogP contribution in [-0.2, 0) is 11.2 Å². The van der Waals surface area contributed by atoms with Gasteiger partial charge in [-0.3, -0.25) is 9.59 Å². The summed E-state index contributed by atoms with van der Waals surface area (Å²) < 4.78 is 5.18. The van der Waals surface area contributed by atoms with E-state index < -0.39 is 5.97 Å². The van der Waals surface area contributed by atoms with Crippen LogP contribution in [0.2, 0.25) is 0 Å². The molecule has 1 N–H and O–H groups in total. The molecular formula is C21H22N2O3. The first-order valence-corrected chi connectivity index (χ1v) is 9.08. The smallest absolute Gasteiger partial charge is 0.308 e. The summed E-state index contributed by atoms with van der Waals surface area (Å²) in [6, 6.07) is 13.2. The maximum atomic E-state index is 12.9. The zero-order chi connectivity index (χ0) is 18.1. The van der Waals surface area contributed by atoms with Crippen LogP contribution in [0.5, 0.6) is 5.75 Å². The van der Waals surface area contributed by atoms with Crippen molar-refractivity contribution in [3.63, 3.8) is 0 Å². The minimum Gasteiger partial charge on any atom is -0.426 e. The Morgan fingerprint density at radius 2 is 1.96 bits per heavy atom. The number of ether oxygens (including phenoxy) is 1. The van der Waals surface area contributed by atoms with Crippen molar-refractivity contribution in [2.75, 3.05) is 18.0 Å². The van der Waals surface area contributed by atoms with E-state index in [1.54, 1.807) is 24.3 Å². The first kappa shape index (κ1) is 16.6. The molecule has 0 aliphatic carbocycles. The fourth-order valence-electron chi connectivity index (χ4n) is 4.00. The van der Waals surface area contributed by atoms with Crippen molar-refractivity contribution in [3.05, 3.63) is 59.2 Å². The molecule has 0 saturated heterocycles. The molecule has 0 aromatic heterocycles. The predicted octanol–water partition coefficient (Wildman–Crippen LogP) is 3.24. The van der Waals surface area contributed by atoms with E-state index in [4.69, 9.17) is 4.74 Å². The molecule has 4 rings (SSSR count). The number of carbonyl (C=O) groups is 2. The maximum absolute atomic E-state index is 12.9. The number of carbonyl (C=O) groups excluding carboxylic acids is 2. The SMILES string of the molecule is CC(=O)Oc1ccccc1C(=O)NC1CCN2CCCc3cccc1c32. The van der Waals surface area contributed by atoms with Crippen LogP contribution in [-0.4, -0.2) is 25.0 Å². The Labute approximate surface area is 153 Å². The Bertz CT molecular complexity index is 862. The number of hydrogen-bond donors (Lipinski definition) is 1. The van der Waals surface area contributed by atoms with Crippen molar-refractivity contribution < 1.29 is 14.3 Å². The van der Waals surface area contributed by atoms with E-state index in [1.807, 2.05) is 0 Å². The van der Waals surface area contributed by atoms with E-state index in [2.05, 4.69) is 28.4 Å². The number of nitrogens with one attached hydrogen (secondary N) is 1. The number of anilines is 1. The monoisotopic (exact) mass is 350 g/mol. The summed E-state index contributed by atoms with van der Waals surface area (Å²) in [6.45, 7) is 3.36. The molecule has 5 heteroatoms. The highest BCUT2D eigenvalue weighted by molar-refractivity contribution is 5.98. The van der Waals surface area contributed by atoms with E-state index in [0.717, 1.165) is 25.9 Å². The van der Waals surface area contributed by atoms with Gasteiger partial charge in [0.15, 0.2) is 0 Å². The molecule has 0 fully saturated rings. The lowest BCUT2D eigenvalue weighted by molar-refractivity contribution is -0.131. The molecule has 0 spiro atoms. The van der Waals surface area contributed by atoms with Gasteiger partial charge in [0.1, 0.15) is 5.75 Å². The first-order chi connectivity index (χ1) is 12.6. The highest BCUT2D eigenvalue weighted by Crippen LogP contribution is 2.39. The van der Waals surface area contributed by atoms with E-state index in [0.29, 0.717) is 11.3 Å². The summed E-state index contributed by atoms with van der Waals surface area (Å²) in [5.41, 5.74) is 4.23. The van der Waals surface area contributed by atoms with Gasteiger partial charge in [0, 0.05) is 25.7 Å². The number of benzene rings is 2. The van der Waals surface area contributed by atoms with Crippen LogP contribution in [0.3, 0.4) is 0 Å². The summed E-state index contributed by atoms with van der Waals surface area (Å²) in [7, 11) is 0. The second kappa shape index (κ2) is 6.83. The summed E-state index contributed by atoms with van der Waals surface area (Å²) in [5, 5.41) is 3.14. The molecule has 0 bridgehead atoms. The van der Waals surface area contributed by atoms with Gasteiger partial charge in [-0.05, 0) is 42.5 Å². The van der Waals surface area contributed by atoms with Crippen LogP contribution in [0.15, 0.2) is 42.5 Å². The lowest BCUT2D eigenvalue weighted by atomic mass is 9.89. The molecule has 2 aliphatic rings. The van der Waals surface area contributed by atoms with Crippen LogP contribution < -0.4 is 15.0 Å². The van der Waals surface area contributed by atoms with Crippen molar-refractivity contribution in [3.8, 4) is 5.75 Å². The summed E-state index contributed by atoms with van der Waals surface area (Å²) in [5.74, 6) is -0.352. The van der Waals surface area contributed by atoms with Crippen LogP contribution in [0.25, 0.3) is 0 Å². The Morgan fingerprint density at radius 3 is 2.81 bits per heavy atom. The zero-order valence-electron chi connectivity index (χ0n) is 14.8. The third-order valence-corrected chi connectivity index (χ3v) is 5.09. The van der Waals surface area contributed by atoms with Gasteiger partial charge in [0.2, 0.25) is 0 Å².